The molecular weight excluding hydrogens is 337 g/mol. The zero-order chi connectivity index (χ0) is 16.6. The van der Waals surface area contributed by atoms with Crippen molar-refractivity contribution < 1.29 is 9.53 Å². The van der Waals surface area contributed by atoms with Crippen LogP contribution in [0.2, 0.25) is 10.0 Å². The maximum Gasteiger partial charge on any atom is 0.260 e. The number of hydrogen-bond acceptors (Lipinski definition) is 4. The van der Waals surface area contributed by atoms with Gasteiger partial charge in [0.2, 0.25) is 5.90 Å². The van der Waals surface area contributed by atoms with Gasteiger partial charge in [0.25, 0.3) is 5.91 Å². The number of hydrogen-bond donors (Lipinski definition) is 0. The van der Waals surface area contributed by atoms with Crippen LogP contribution in [0, 0.1) is 0 Å². The minimum Gasteiger partial charge on any atom is -0.477 e. The number of halogens is 2. The Hall–Kier alpha value is -1.85. The number of amides is 1. The standard InChI is InChI=1S/C16H15Cl2N3O2/c1-3-23-13-8-7-12-16(2,15(22)19-9-21(12)20-13)14-10(17)5-4-6-11(14)18/h4-9,12H,3H2,1-2H3. The monoisotopic (exact) mass is 351 g/mol. The molecule has 120 valence electrons. The minimum atomic E-state index is -1.04. The van der Waals surface area contributed by atoms with Crippen molar-refractivity contribution in [3.05, 3.63) is 46.0 Å². The molecule has 2 unspecified atom stereocenters. The lowest BCUT2D eigenvalue weighted by molar-refractivity contribution is -0.125. The number of nitrogens with zero attached hydrogens (tertiary/aromatic N) is 3. The van der Waals surface area contributed by atoms with Crippen LogP contribution in [0.4, 0.5) is 0 Å². The fraction of sp³-hybridized carbons (Fsp3) is 0.312. The van der Waals surface area contributed by atoms with Gasteiger partial charge in [-0.25, -0.2) is 10.0 Å². The molecule has 0 bridgehead atoms. The van der Waals surface area contributed by atoms with Gasteiger partial charge in [-0.05, 0) is 32.1 Å². The second kappa shape index (κ2) is 5.98. The molecule has 0 saturated carbocycles. The average Bonchev–Trinajstić information content (AvgIpc) is 2.51. The Kier molecular flexibility index (Phi) is 4.17. The summed E-state index contributed by atoms with van der Waals surface area (Å²) in [6, 6.07) is 4.79. The van der Waals surface area contributed by atoms with E-state index in [0.29, 0.717) is 28.1 Å². The first-order valence-corrected chi connectivity index (χ1v) is 7.95. The summed E-state index contributed by atoms with van der Waals surface area (Å²) in [6.07, 6.45) is 5.02. The summed E-state index contributed by atoms with van der Waals surface area (Å²) in [6.45, 7) is 4.16. The number of carbonyl (C=O) groups excluding carboxylic acids is 1. The van der Waals surface area contributed by atoms with Gasteiger partial charge >= 0.3 is 0 Å². The van der Waals surface area contributed by atoms with Gasteiger partial charge in [-0.1, -0.05) is 35.3 Å². The van der Waals surface area contributed by atoms with E-state index in [1.807, 2.05) is 13.0 Å². The number of carbonyl (C=O) groups is 1. The first kappa shape index (κ1) is 16.0. The van der Waals surface area contributed by atoms with Crippen LogP contribution in [0.25, 0.3) is 0 Å². The molecule has 1 aromatic rings. The first-order valence-electron chi connectivity index (χ1n) is 7.19. The van der Waals surface area contributed by atoms with Crippen molar-refractivity contribution in [3.8, 4) is 0 Å². The lowest BCUT2D eigenvalue weighted by Gasteiger charge is -2.42. The van der Waals surface area contributed by atoms with Crippen molar-refractivity contribution in [1.82, 2.24) is 5.01 Å². The Labute approximate surface area is 144 Å². The highest BCUT2D eigenvalue weighted by molar-refractivity contribution is 6.36. The molecule has 0 fully saturated rings. The summed E-state index contributed by atoms with van der Waals surface area (Å²) in [7, 11) is 0. The van der Waals surface area contributed by atoms with Crippen LogP contribution in [0.15, 0.2) is 40.4 Å². The third-order valence-corrected chi connectivity index (χ3v) is 4.65. The van der Waals surface area contributed by atoms with Crippen LogP contribution in [-0.4, -0.2) is 35.8 Å². The van der Waals surface area contributed by atoms with Gasteiger partial charge < -0.3 is 4.74 Å². The van der Waals surface area contributed by atoms with Crippen LogP contribution >= 0.6 is 23.2 Å². The predicted octanol–water partition coefficient (Wildman–Crippen LogP) is 3.41. The number of rotatable bonds is 2. The number of aliphatic imine (C=N–C) groups is 1. The summed E-state index contributed by atoms with van der Waals surface area (Å²) in [5, 5.41) is 6.82. The molecule has 0 saturated heterocycles. The molecule has 1 aromatic carbocycles. The summed E-state index contributed by atoms with van der Waals surface area (Å²) >= 11 is 12.7. The molecule has 5 nitrogen and oxygen atoms in total. The van der Waals surface area contributed by atoms with Gasteiger partial charge in [0.05, 0.1) is 12.6 Å². The first-order chi connectivity index (χ1) is 11.0. The third-order valence-electron chi connectivity index (χ3n) is 4.02. The fourth-order valence-electron chi connectivity index (χ4n) is 2.87. The molecule has 0 aromatic heterocycles. The Morgan fingerprint density at radius 2 is 2.04 bits per heavy atom. The molecule has 2 aliphatic heterocycles. The molecule has 1 amide bonds. The molecule has 0 radical (unpaired) electrons. The Balaban J connectivity index is 2.11. The highest BCUT2D eigenvalue weighted by Crippen LogP contribution is 2.43. The van der Waals surface area contributed by atoms with E-state index in [1.54, 1.807) is 36.2 Å². The molecular formula is C16H15Cl2N3O2. The molecule has 2 aliphatic rings. The van der Waals surface area contributed by atoms with Crippen molar-refractivity contribution in [2.75, 3.05) is 6.61 Å². The zero-order valence-corrected chi connectivity index (χ0v) is 14.2. The molecule has 23 heavy (non-hydrogen) atoms. The maximum absolute atomic E-state index is 12.6. The summed E-state index contributed by atoms with van der Waals surface area (Å²) in [5.74, 6) is 0.158. The Morgan fingerprint density at radius 1 is 1.35 bits per heavy atom. The number of hydrazone groups is 1. The van der Waals surface area contributed by atoms with Crippen molar-refractivity contribution >= 4 is 41.3 Å². The van der Waals surface area contributed by atoms with E-state index in [-0.39, 0.29) is 11.9 Å². The summed E-state index contributed by atoms with van der Waals surface area (Å²) < 4.78 is 5.40. The third kappa shape index (κ3) is 2.54. The van der Waals surface area contributed by atoms with E-state index in [0.717, 1.165) is 0 Å². The molecule has 2 atom stereocenters. The Bertz CT molecular complexity index is 725. The van der Waals surface area contributed by atoms with E-state index >= 15 is 0 Å². The van der Waals surface area contributed by atoms with Gasteiger partial charge in [0, 0.05) is 15.6 Å². The van der Waals surface area contributed by atoms with Gasteiger partial charge in [-0.15, -0.1) is 5.10 Å². The van der Waals surface area contributed by atoms with E-state index in [9.17, 15) is 4.79 Å². The van der Waals surface area contributed by atoms with E-state index in [2.05, 4.69) is 10.1 Å². The van der Waals surface area contributed by atoms with Crippen molar-refractivity contribution in [2.45, 2.75) is 25.3 Å². The molecule has 0 N–H and O–H groups in total. The minimum absolute atomic E-state index is 0.312. The Morgan fingerprint density at radius 3 is 2.70 bits per heavy atom. The van der Waals surface area contributed by atoms with Gasteiger partial charge in [0.1, 0.15) is 11.8 Å². The molecule has 3 rings (SSSR count). The maximum atomic E-state index is 12.6. The topological polar surface area (TPSA) is 54.3 Å². The number of fused-ring (bicyclic) bond motifs is 1. The fourth-order valence-corrected chi connectivity index (χ4v) is 3.66. The van der Waals surface area contributed by atoms with Crippen LogP contribution < -0.4 is 0 Å². The van der Waals surface area contributed by atoms with Crippen molar-refractivity contribution in [2.24, 2.45) is 10.1 Å². The van der Waals surface area contributed by atoms with Crippen LogP contribution in [0.5, 0.6) is 0 Å². The lowest BCUT2D eigenvalue weighted by Crippen LogP contribution is -2.54. The van der Waals surface area contributed by atoms with Crippen LogP contribution in [0.3, 0.4) is 0 Å². The second-order valence-electron chi connectivity index (χ2n) is 5.40. The highest BCUT2D eigenvalue weighted by Gasteiger charge is 2.50. The molecule has 2 heterocycles. The smallest absolute Gasteiger partial charge is 0.260 e. The largest absolute Gasteiger partial charge is 0.477 e. The summed E-state index contributed by atoms with van der Waals surface area (Å²) in [5.41, 5.74) is -0.484. The normalized spacial score (nSPS) is 26.1. The molecule has 7 heteroatoms. The van der Waals surface area contributed by atoms with Crippen LogP contribution in [-0.2, 0) is 14.9 Å². The highest BCUT2D eigenvalue weighted by atomic mass is 35.5. The van der Waals surface area contributed by atoms with Gasteiger partial charge in [0.15, 0.2) is 0 Å². The predicted molar refractivity (Wildman–Crippen MR) is 91.1 cm³/mol. The van der Waals surface area contributed by atoms with Crippen molar-refractivity contribution in [3.63, 3.8) is 0 Å². The van der Waals surface area contributed by atoms with Gasteiger partial charge in [-0.2, -0.15) is 0 Å². The van der Waals surface area contributed by atoms with E-state index in [1.165, 1.54) is 6.34 Å². The average molecular weight is 352 g/mol. The van der Waals surface area contributed by atoms with Crippen LogP contribution in [0.1, 0.15) is 19.4 Å². The van der Waals surface area contributed by atoms with Gasteiger partial charge in [-0.3, -0.25) is 4.79 Å². The lowest BCUT2D eigenvalue weighted by atomic mass is 9.73. The number of ether oxygens (including phenoxy) is 1. The number of benzene rings is 1. The molecule has 0 spiro atoms. The summed E-state index contributed by atoms with van der Waals surface area (Å²) in [4.78, 5) is 16.6. The van der Waals surface area contributed by atoms with E-state index < -0.39 is 5.41 Å². The zero-order valence-electron chi connectivity index (χ0n) is 12.7. The van der Waals surface area contributed by atoms with Crippen molar-refractivity contribution in [1.29, 1.82) is 0 Å². The quantitative estimate of drug-likeness (QED) is 0.820. The van der Waals surface area contributed by atoms with E-state index in [4.69, 9.17) is 27.9 Å². The second-order valence-corrected chi connectivity index (χ2v) is 6.22. The molecule has 0 aliphatic carbocycles. The SMILES string of the molecule is CCOC1=NN2C=NC(=O)C(C)(c3c(Cl)cccc3Cl)C2C=C1.